The molecule has 2 rings (SSSR count). The molecule has 20 heavy (non-hydrogen) atoms. The van der Waals surface area contributed by atoms with Gasteiger partial charge >= 0.3 is 0 Å². The summed E-state index contributed by atoms with van der Waals surface area (Å²) in [6.07, 6.45) is 5.47. The van der Waals surface area contributed by atoms with Gasteiger partial charge in [-0.05, 0) is 56.8 Å². The van der Waals surface area contributed by atoms with Gasteiger partial charge in [-0.15, -0.1) is 0 Å². The molecule has 1 fully saturated rings. The third kappa shape index (κ3) is 3.07. The number of hydrogen-bond acceptors (Lipinski definition) is 2. The first-order chi connectivity index (χ1) is 9.61. The molecule has 0 radical (unpaired) electrons. The van der Waals surface area contributed by atoms with E-state index in [1.807, 2.05) is 0 Å². The van der Waals surface area contributed by atoms with E-state index in [9.17, 15) is 5.11 Å². The standard InChI is InChI=1S/C18H29NO/c1-4-15-9-11-16(12-10-15)17(20)18(3,5-2)19-13-7-6-8-14-19/h9-12,17,20H,4-8,13-14H2,1-3H3. The van der Waals surface area contributed by atoms with Crippen LogP contribution in [0, 0.1) is 0 Å². The summed E-state index contributed by atoms with van der Waals surface area (Å²) in [5.41, 5.74) is 2.24. The van der Waals surface area contributed by atoms with Gasteiger partial charge in [0.25, 0.3) is 0 Å². The number of piperidine rings is 1. The Hall–Kier alpha value is -0.860. The van der Waals surface area contributed by atoms with Gasteiger partial charge in [0.05, 0.1) is 6.10 Å². The first-order valence-electron chi connectivity index (χ1n) is 8.13. The molecule has 112 valence electrons. The summed E-state index contributed by atoms with van der Waals surface area (Å²) >= 11 is 0. The number of aryl methyl sites for hydroxylation is 1. The van der Waals surface area contributed by atoms with Crippen molar-refractivity contribution in [2.75, 3.05) is 13.1 Å². The summed E-state index contributed by atoms with van der Waals surface area (Å²) in [6.45, 7) is 8.81. The number of aliphatic hydroxyl groups is 1. The van der Waals surface area contributed by atoms with Gasteiger partial charge in [-0.2, -0.15) is 0 Å². The Morgan fingerprint density at radius 1 is 1.10 bits per heavy atom. The summed E-state index contributed by atoms with van der Waals surface area (Å²) in [5, 5.41) is 10.9. The molecule has 0 aromatic heterocycles. The predicted molar refractivity (Wildman–Crippen MR) is 84.9 cm³/mol. The summed E-state index contributed by atoms with van der Waals surface area (Å²) in [6, 6.07) is 8.48. The zero-order chi connectivity index (χ0) is 14.6. The molecule has 1 heterocycles. The highest BCUT2D eigenvalue weighted by atomic mass is 16.3. The molecule has 1 N–H and O–H groups in total. The van der Waals surface area contributed by atoms with Gasteiger partial charge in [0.15, 0.2) is 0 Å². The molecule has 1 aromatic rings. The minimum atomic E-state index is -0.406. The fraction of sp³-hybridized carbons (Fsp3) is 0.667. The molecule has 2 nitrogen and oxygen atoms in total. The second kappa shape index (κ2) is 6.73. The lowest BCUT2D eigenvalue weighted by Gasteiger charge is -2.46. The normalized spacial score (nSPS) is 21.4. The molecule has 1 aromatic carbocycles. The average Bonchev–Trinajstić information content (AvgIpc) is 2.54. The lowest BCUT2D eigenvalue weighted by Crippen LogP contribution is -2.52. The van der Waals surface area contributed by atoms with Crippen LogP contribution in [0.5, 0.6) is 0 Å². The Bertz CT molecular complexity index is 408. The molecule has 0 saturated carbocycles. The Kier molecular flexibility index (Phi) is 5.22. The van der Waals surface area contributed by atoms with Crippen molar-refractivity contribution in [3.05, 3.63) is 35.4 Å². The number of rotatable bonds is 5. The molecule has 1 aliphatic heterocycles. The zero-order valence-corrected chi connectivity index (χ0v) is 13.2. The molecule has 2 atom stereocenters. The molecule has 0 amide bonds. The third-order valence-corrected chi connectivity index (χ3v) is 5.09. The van der Waals surface area contributed by atoms with Gasteiger partial charge in [0, 0.05) is 5.54 Å². The van der Waals surface area contributed by atoms with E-state index >= 15 is 0 Å². The van der Waals surface area contributed by atoms with Crippen LogP contribution in [0.2, 0.25) is 0 Å². The maximum atomic E-state index is 10.9. The van der Waals surface area contributed by atoms with E-state index in [-0.39, 0.29) is 5.54 Å². The maximum Gasteiger partial charge on any atom is 0.0970 e. The van der Waals surface area contributed by atoms with Crippen LogP contribution in [-0.2, 0) is 6.42 Å². The van der Waals surface area contributed by atoms with Crippen molar-refractivity contribution in [2.24, 2.45) is 0 Å². The van der Waals surface area contributed by atoms with Crippen LogP contribution in [0.15, 0.2) is 24.3 Å². The fourth-order valence-corrected chi connectivity index (χ4v) is 3.29. The molecule has 0 aliphatic carbocycles. The lowest BCUT2D eigenvalue weighted by molar-refractivity contribution is -0.0352. The average molecular weight is 275 g/mol. The molecule has 1 saturated heterocycles. The minimum absolute atomic E-state index is 0.145. The Morgan fingerprint density at radius 3 is 2.20 bits per heavy atom. The Labute approximate surface area is 123 Å². The van der Waals surface area contributed by atoms with Gasteiger partial charge in [-0.1, -0.05) is 44.5 Å². The monoisotopic (exact) mass is 275 g/mol. The quantitative estimate of drug-likeness (QED) is 0.880. The number of benzene rings is 1. The van der Waals surface area contributed by atoms with Gasteiger partial charge in [0.1, 0.15) is 0 Å². The molecule has 2 unspecified atom stereocenters. The SMILES string of the molecule is CCc1ccc(C(O)C(C)(CC)N2CCCCC2)cc1. The van der Waals surface area contributed by atoms with E-state index in [1.165, 1.54) is 24.8 Å². The summed E-state index contributed by atoms with van der Waals surface area (Å²) in [7, 11) is 0. The number of nitrogens with zero attached hydrogens (tertiary/aromatic N) is 1. The van der Waals surface area contributed by atoms with E-state index in [1.54, 1.807) is 0 Å². The number of hydrogen-bond donors (Lipinski definition) is 1. The first kappa shape index (κ1) is 15.5. The topological polar surface area (TPSA) is 23.5 Å². The predicted octanol–water partition coefficient (Wildman–Crippen LogP) is 3.94. The minimum Gasteiger partial charge on any atom is -0.386 e. The van der Waals surface area contributed by atoms with Crippen molar-refractivity contribution >= 4 is 0 Å². The van der Waals surface area contributed by atoms with Gasteiger partial charge in [-0.3, -0.25) is 4.90 Å². The molecule has 1 aliphatic rings. The van der Waals surface area contributed by atoms with Crippen LogP contribution < -0.4 is 0 Å². The van der Waals surface area contributed by atoms with Crippen LogP contribution in [-0.4, -0.2) is 28.6 Å². The van der Waals surface area contributed by atoms with Crippen LogP contribution >= 0.6 is 0 Å². The third-order valence-electron chi connectivity index (χ3n) is 5.09. The van der Waals surface area contributed by atoms with Crippen LogP contribution in [0.1, 0.15) is 63.7 Å². The van der Waals surface area contributed by atoms with Crippen LogP contribution in [0.3, 0.4) is 0 Å². The van der Waals surface area contributed by atoms with Gasteiger partial charge in [0.2, 0.25) is 0 Å². The van der Waals surface area contributed by atoms with Crippen molar-refractivity contribution in [3.8, 4) is 0 Å². The smallest absolute Gasteiger partial charge is 0.0970 e. The highest BCUT2D eigenvalue weighted by molar-refractivity contribution is 5.26. The summed E-state index contributed by atoms with van der Waals surface area (Å²) in [5.74, 6) is 0. The van der Waals surface area contributed by atoms with E-state index in [0.717, 1.165) is 31.5 Å². The molecular formula is C18H29NO. The largest absolute Gasteiger partial charge is 0.386 e. The van der Waals surface area contributed by atoms with Gasteiger partial charge < -0.3 is 5.11 Å². The second-order valence-electron chi connectivity index (χ2n) is 6.26. The maximum absolute atomic E-state index is 10.9. The van der Waals surface area contributed by atoms with E-state index in [2.05, 4.69) is 49.9 Å². The van der Waals surface area contributed by atoms with Crippen molar-refractivity contribution in [1.29, 1.82) is 0 Å². The zero-order valence-electron chi connectivity index (χ0n) is 13.2. The lowest BCUT2D eigenvalue weighted by atomic mass is 9.83. The highest BCUT2D eigenvalue weighted by Crippen LogP contribution is 2.36. The van der Waals surface area contributed by atoms with Crippen LogP contribution in [0.4, 0.5) is 0 Å². The van der Waals surface area contributed by atoms with Crippen molar-refractivity contribution < 1.29 is 5.11 Å². The summed E-state index contributed by atoms with van der Waals surface area (Å²) in [4.78, 5) is 2.49. The number of likely N-dealkylation sites (tertiary alicyclic amines) is 1. The highest BCUT2D eigenvalue weighted by Gasteiger charge is 2.38. The van der Waals surface area contributed by atoms with E-state index < -0.39 is 6.10 Å². The Balaban J connectivity index is 2.19. The second-order valence-corrected chi connectivity index (χ2v) is 6.26. The van der Waals surface area contributed by atoms with Gasteiger partial charge in [-0.25, -0.2) is 0 Å². The molecule has 0 bridgehead atoms. The summed E-state index contributed by atoms with van der Waals surface area (Å²) < 4.78 is 0. The van der Waals surface area contributed by atoms with Crippen LogP contribution in [0.25, 0.3) is 0 Å². The van der Waals surface area contributed by atoms with E-state index in [0.29, 0.717) is 0 Å². The first-order valence-corrected chi connectivity index (χ1v) is 8.13. The molecule has 0 spiro atoms. The van der Waals surface area contributed by atoms with Crippen molar-refractivity contribution in [1.82, 2.24) is 4.90 Å². The molecule has 2 heteroatoms. The van der Waals surface area contributed by atoms with E-state index in [4.69, 9.17) is 0 Å². The fourth-order valence-electron chi connectivity index (χ4n) is 3.29. The Morgan fingerprint density at radius 2 is 1.70 bits per heavy atom. The molecular weight excluding hydrogens is 246 g/mol. The van der Waals surface area contributed by atoms with Crippen molar-refractivity contribution in [3.63, 3.8) is 0 Å². The number of aliphatic hydroxyl groups excluding tert-OH is 1. The van der Waals surface area contributed by atoms with Crippen molar-refractivity contribution in [2.45, 2.75) is 64.5 Å².